The Balaban J connectivity index is 1.73. The Morgan fingerprint density at radius 1 is 1.37 bits per heavy atom. The lowest BCUT2D eigenvalue weighted by Crippen LogP contribution is -2.46. The lowest BCUT2D eigenvalue weighted by Gasteiger charge is -2.27. The average molecular weight is 434 g/mol. The van der Waals surface area contributed by atoms with Gasteiger partial charge in [0.1, 0.15) is 17.6 Å². The maximum atomic E-state index is 15.2. The third-order valence-electron chi connectivity index (χ3n) is 6.20. The van der Waals surface area contributed by atoms with Crippen LogP contribution in [-0.2, 0) is 0 Å². The van der Waals surface area contributed by atoms with E-state index in [0.29, 0.717) is 13.1 Å². The van der Waals surface area contributed by atoms with Crippen LogP contribution in [0.5, 0.6) is 0 Å². The Hall–Kier alpha value is -2.71. The molecule has 2 heterocycles. The number of nitrogens with two attached hydrogens (primary N) is 1. The zero-order valence-corrected chi connectivity index (χ0v) is 16.4. The van der Waals surface area contributed by atoms with E-state index in [0.717, 1.165) is 12.3 Å². The number of hydrogen-bond acceptors (Lipinski definition) is 4. The van der Waals surface area contributed by atoms with E-state index in [1.165, 1.54) is 4.57 Å². The van der Waals surface area contributed by atoms with Gasteiger partial charge in [0.05, 0.1) is 33.2 Å². The highest BCUT2D eigenvalue weighted by Gasteiger charge is 2.44. The second-order valence-corrected chi connectivity index (χ2v) is 8.54. The quantitative estimate of drug-likeness (QED) is 0.776. The Bertz CT molecular complexity index is 1220. The van der Waals surface area contributed by atoms with Gasteiger partial charge >= 0.3 is 5.97 Å². The molecule has 1 saturated carbocycles. The summed E-state index contributed by atoms with van der Waals surface area (Å²) in [5, 5.41) is 9.13. The molecule has 0 bridgehead atoms. The molecule has 156 valence electrons. The molecule has 4 atom stereocenters. The number of fused-ring (bicyclic) bond motifs is 2. The molecule has 9 heteroatoms. The Kier molecular flexibility index (Phi) is 4.10. The number of rotatable bonds is 3. The summed E-state index contributed by atoms with van der Waals surface area (Å²) in [7, 11) is 0. The molecule has 2 fully saturated rings. The molecule has 2 aromatic rings. The summed E-state index contributed by atoms with van der Waals surface area (Å²) in [5.74, 6) is -2.25. The van der Waals surface area contributed by atoms with E-state index in [9.17, 15) is 19.1 Å². The minimum atomic E-state index is -1.46. The monoisotopic (exact) mass is 433 g/mol. The first-order valence-corrected chi connectivity index (χ1v) is 9.93. The number of carbonyl (C=O) groups is 1. The highest BCUT2D eigenvalue weighted by molar-refractivity contribution is 6.38. The van der Waals surface area contributed by atoms with E-state index in [4.69, 9.17) is 17.3 Å². The van der Waals surface area contributed by atoms with Gasteiger partial charge in [0, 0.05) is 31.6 Å². The molecule has 0 unspecified atom stereocenters. The molecule has 1 aromatic carbocycles. The summed E-state index contributed by atoms with van der Waals surface area (Å²) in [5.41, 5.74) is 4.62. The van der Waals surface area contributed by atoms with Gasteiger partial charge < -0.3 is 20.3 Å². The van der Waals surface area contributed by atoms with Crippen LogP contribution in [0.25, 0.3) is 10.9 Å². The van der Waals surface area contributed by atoms with Gasteiger partial charge in [0.15, 0.2) is 0 Å². The second-order valence-electron chi connectivity index (χ2n) is 8.16. The van der Waals surface area contributed by atoms with Crippen molar-refractivity contribution in [2.75, 3.05) is 18.0 Å². The molecule has 6 nitrogen and oxygen atoms in total. The van der Waals surface area contributed by atoms with Gasteiger partial charge in [-0.25, -0.2) is 13.6 Å². The number of halogens is 3. The number of alkyl halides is 1. The van der Waals surface area contributed by atoms with Crippen LogP contribution in [-0.4, -0.2) is 40.4 Å². The molecule has 3 N–H and O–H groups in total. The van der Waals surface area contributed by atoms with Crippen LogP contribution in [0.2, 0.25) is 5.02 Å². The van der Waals surface area contributed by atoms with Crippen LogP contribution < -0.4 is 16.1 Å². The van der Waals surface area contributed by atoms with E-state index < -0.39 is 40.5 Å². The van der Waals surface area contributed by atoms with Crippen LogP contribution in [0, 0.1) is 11.7 Å². The van der Waals surface area contributed by atoms with Crippen molar-refractivity contribution < 1.29 is 18.7 Å². The Labute approximate surface area is 174 Å². The van der Waals surface area contributed by atoms with E-state index in [1.54, 1.807) is 4.90 Å². The standard InChI is InChI=1S/C21H18ClF2N3O3/c22-16-17-11(19(28)12(20(29)30)8-27(17)15-6-13(15)23)5-14(24)18(16)26-7-10-3-1-2-4-21(10,25)9-26/h1-5,8,10,13,15H,6-7,9,25H2,(H,29,30)/t10-,13+,15-,21-/m0/s1. The van der Waals surface area contributed by atoms with Crippen LogP contribution in [0.15, 0.2) is 41.4 Å². The third kappa shape index (κ3) is 2.70. The average Bonchev–Trinajstić information content (AvgIpc) is 3.29. The zero-order chi connectivity index (χ0) is 21.4. The summed E-state index contributed by atoms with van der Waals surface area (Å²) in [6, 6.07) is 0.351. The molecule has 30 heavy (non-hydrogen) atoms. The molecule has 0 radical (unpaired) electrons. The summed E-state index contributed by atoms with van der Waals surface area (Å²) >= 11 is 6.61. The highest BCUT2D eigenvalue weighted by Crippen LogP contribution is 2.45. The zero-order valence-electron chi connectivity index (χ0n) is 15.7. The third-order valence-corrected chi connectivity index (χ3v) is 6.56. The predicted octanol–water partition coefficient (Wildman–Crippen LogP) is 3.03. The topological polar surface area (TPSA) is 88.6 Å². The van der Waals surface area contributed by atoms with Gasteiger partial charge in [-0.05, 0) is 6.07 Å². The maximum Gasteiger partial charge on any atom is 0.341 e. The number of allylic oxidation sites excluding steroid dienone is 2. The number of benzene rings is 1. The summed E-state index contributed by atoms with van der Waals surface area (Å²) in [6.07, 6.45) is 7.66. The van der Waals surface area contributed by atoms with Crippen LogP contribution >= 0.6 is 11.6 Å². The number of aromatic nitrogens is 1. The van der Waals surface area contributed by atoms with Gasteiger partial charge in [-0.1, -0.05) is 35.9 Å². The fourth-order valence-electron chi connectivity index (χ4n) is 4.51. The number of aromatic carboxylic acids is 1. The normalized spacial score (nSPS) is 29.5. The summed E-state index contributed by atoms with van der Waals surface area (Å²) in [6.45, 7) is 0.735. The fraction of sp³-hybridized carbons (Fsp3) is 0.333. The van der Waals surface area contributed by atoms with Crippen molar-refractivity contribution in [3.8, 4) is 0 Å². The first kappa shape index (κ1) is 19.3. The maximum absolute atomic E-state index is 15.2. The number of carboxylic acid groups (broad SMARTS) is 1. The number of pyridine rings is 1. The van der Waals surface area contributed by atoms with E-state index in [-0.39, 0.29) is 34.0 Å². The molecule has 5 rings (SSSR count). The first-order valence-electron chi connectivity index (χ1n) is 9.55. The summed E-state index contributed by atoms with van der Waals surface area (Å²) < 4.78 is 30.4. The lowest BCUT2D eigenvalue weighted by atomic mass is 9.85. The lowest BCUT2D eigenvalue weighted by molar-refractivity contribution is 0.0694. The van der Waals surface area contributed by atoms with Crippen molar-refractivity contribution in [1.29, 1.82) is 0 Å². The largest absolute Gasteiger partial charge is 0.477 e. The van der Waals surface area contributed by atoms with Crippen molar-refractivity contribution >= 4 is 34.2 Å². The van der Waals surface area contributed by atoms with Crippen LogP contribution in [0.4, 0.5) is 14.5 Å². The summed E-state index contributed by atoms with van der Waals surface area (Å²) in [4.78, 5) is 25.9. The molecular weight excluding hydrogens is 416 g/mol. The van der Waals surface area contributed by atoms with Gasteiger partial charge in [-0.15, -0.1) is 0 Å². The Morgan fingerprint density at radius 2 is 2.10 bits per heavy atom. The number of nitrogens with zero attached hydrogens (tertiary/aromatic N) is 2. The van der Waals surface area contributed by atoms with Crippen molar-refractivity contribution in [1.82, 2.24) is 4.57 Å². The minimum absolute atomic E-state index is 0.0381. The van der Waals surface area contributed by atoms with Crippen molar-refractivity contribution in [3.05, 3.63) is 63.2 Å². The SMILES string of the molecule is N[C@]12C=CC=C[C@H]1CN(c1c(F)cc3c(=O)c(C(=O)O)cn([C@H]4C[C@H]4F)c3c1Cl)C2. The number of hydrogen-bond donors (Lipinski definition) is 2. The minimum Gasteiger partial charge on any atom is -0.477 e. The molecule has 2 aliphatic carbocycles. The number of anilines is 1. The first-order chi connectivity index (χ1) is 14.2. The number of carboxylic acids is 1. The highest BCUT2D eigenvalue weighted by atomic mass is 35.5. The predicted molar refractivity (Wildman–Crippen MR) is 110 cm³/mol. The van der Waals surface area contributed by atoms with Gasteiger partial charge in [0.2, 0.25) is 5.43 Å². The molecule has 1 saturated heterocycles. The molecular formula is C21H18ClF2N3O3. The van der Waals surface area contributed by atoms with Gasteiger partial charge in [0.25, 0.3) is 0 Å². The Morgan fingerprint density at radius 3 is 2.73 bits per heavy atom. The van der Waals surface area contributed by atoms with Gasteiger partial charge in [-0.3, -0.25) is 4.79 Å². The second kappa shape index (κ2) is 6.39. The van der Waals surface area contributed by atoms with Gasteiger partial charge in [-0.2, -0.15) is 0 Å². The molecule has 0 spiro atoms. The fourth-order valence-corrected chi connectivity index (χ4v) is 4.92. The van der Waals surface area contributed by atoms with Crippen LogP contribution in [0.1, 0.15) is 22.8 Å². The molecule has 0 amide bonds. The van der Waals surface area contributed by atoms with E-state index >= 15 is 4.39 Å². The van der Waals surface area contributed by atoms with Crippen LogP contribution in [0.3, 0.4) is 0 Å². The smallest absolute Gasteiger partial charge is 0.341 e. The molecule has 1 aliphatic heterocycles. The van der Waals surface area contributed by atoms with Crippen molar-refractivity contribution in [2.45, 2.75) is 24.2 Å². The molecule has 1 aromatic heterocycles. The van der Waals surface area contributed by atoms with Crippen molar-refractivity contribution in [2.24, 2.45) is 11.7 Å². The van der Waals surface area contributed by atoms with E-state index in [2.05, 4.69) is 0 Å². The molecule has 3 aliphatic rings. The van der Waals surface area contributed by atoms with E-state index in [1.807, 2.05) is 24.3 Å². The van der Waals surface area contributed by atoms with Crippen molar-refractivity contribution in [3.63, 3.8) is 0 Å².